The summed E-state index contributed by atoms with van der Waals surface area (Å²) in [5, 5.41) is 15.8. The van der Waals surface area contributed by atoms with Crippen LogP contribution in [0.2, 0.25) is 0 Å². The Bertz CT molecular complexity index is 1100. The molecule has 0 amide bonds. The van der Waals surface area contributed by atoms with Gasteiger partial charge in [0.15, 0.2) is 11.5 Å². The second kappa shape index (κ2) is 8.75. The molecular formula is C21H24N8O. The third kappa shape index (κ3) is 4.31. The van der Waals surface area contributed by atoms with Gasteiger partial charge in [-0.15, -0.1) is 5.10 Å². The second-order valence-electron chi connectivity index (χ2n) is 6.96. The second-order valence-corrected chi connectivity index (χ2v) is 6.96. The van der Waals surface area contributed by atoms with E-state index in [9.17, 15) is 0 Å². The van der Waals surface area contributed by atoms with Crippen LogP contribution >= 0.6 is 0 Å². The molecule has 0 atom stereocenters. The molecule has 4 heterocycles. The number of hydrazone groups is 1. The fourth-order valence-electron chi connectivity index (χ4n) is 3.19. The number of aromatic amines is 1. The summed E-state index contributed by atoms with van der Waals surface area (Å²) in [6.07, 6.45) is 10.8. The average Bonchev–Trinajstić information content (AvgIpc) is 3.42. The predicted molar refractivity (Wildman–Crippen MR) is 119 cm³/mol. The molecule has 154 valence electrons. The van der Waals surface area contributed by atoms with Crippen molar-refractivity contribution < 1.29 is 4.74 Å². The van der Waals surface area contributed by atoms with Crippen LogP contribution in [0.15, 0.2) is 66.2 Å². The normalized spacial score (nSPS) is 15.1. The van der Waals surface area contributed by atoms with Gasteiger partial charge < -0.3 is 9.64 Å². The smallest absolute Gasteiger partial charge is 0.177 e. The van der Waals surface area contributed by atoms with Crippen molar-refractivity contribution in [2.24, 2.45) is 5.10 Å². The van der Waals surface area contributed by atoms with E-state index in [1.165, 1.54) is 0 Å². The van der Waals surface area contributed by atoms with Crippen LogP contribution in [0.1, 0.15) is 6.92 Å². The van der Waals surface area contributed by atoms with Crippen LogP contribution in [-0.2, 0) is 4.74 Å². The highest BCUT2D eigenvalue weighted by molar-refractivity contribution is 5.83. The van der Waals surface area contributed by atoms with Gasteiger partial charge in [0.2, 0.25) is 0 Å². The highest BCUT2D eigenvalue weighted by atomic mass is 16.5. The lowest BCUT2D eigenvalue weighted by Crippen LogP contribution is -2.36. The van der Waals surface area contributed by atoms with Gasteiger partial charge in [-0.2, -0.15) is 10.2 Å². The standard InChI is InChI=1S/C21H24N8O/c1-4-16(9-15(2)3)11-24-26-20-10-19(28-5-7-30-8-6-28)21-25-18(14-29(21)27-20)17-12-22-23-13-17/h4,9-14H,1-2,5-8H2,3H3,(H,22,23)(H,26,27)/b16-9+,24-11+. The van der Waals surface area contributed by atoms with Crippen LogP contribution in [0.3, 0.4) is 0 Å². The number of fused-ring (bicyclic) bond motifs is 1. The van der Waals surface area contributed by atoms with Crippen LogP contribution in [-0.4, -0.2) is 57.3 Å². The predicted octanol–water partition coefficient (Wildman–Crippen LogP) is 3.04. The van der Waals surface area contributed by atoms with Crippen LogP contribution < -0.4 is 10.3 Å². The zero-order valence-corrected chi connectivity index (χ0v) is 16.9. The monoisotopic (exact) mass is 404 g/mol. The number of imidazole rings is 1. The minimum Gasteiger partial charge on any atom is -0.378 e. The molecule has 2 N–H and O–H groups in total. The van der Waals surface area contributed by atoms with Gasteiger partial charge in [0.1, 0.15) is 0 Å². The van der Waals surface area contributed by atoms with Gasteiger partial charge in [-0.1, -0.05) is 30.9 Å². The van der Waals surface area contributed by atoms with Gasteiger partial charge in [0.05, 0.1) is 43.2 Å². The maximum Gasteiger partial charge on any atom is 0.177 e. The van der Waals surface area contributed by atoms with Crippen molar-refractivity contribution in [1.29, 1.82) is 0 Å². The lowest BCUT2D eigenvalue weighted by molar-refractivity contribution is 0.123. The third-order valence-corrected chi connectivity index (χ3v) is 4.59. The van der Waals surface area contributed by atoms with Crippen molar-refractivity contribution in [3.63, 3.8) is 0 Å². The Balaban J connectivity index is 1.69. The van der Waals surface area contributed by atoms with Crippen molar-refractivity contribution in [3.8, 4) is 11.3 Å². The van der Waals surface area contributed by atoms with E-state index >= 15 is 0 Å². The average molecular weight is 404 g/mol. The summed E-state index contributed by atoms with van der Waals surface area (Å²) >= 11 is 0. The Hall–Kier alpha value is -3.72. The summed E-state index contributed by atoms with van der Waals surface area (Å²) in [5.41, 5.74) is 8.24. The first kappa shape index (κ1) is 19.6. The Labute approximate surface area is 174 Å². The molecule has 1 aliphatic heterocycles. The quantitative estimate of drug-likeness (QED) is 0.357. The first-order valence-electron chi connectivity index (χ1n) is 9.65. The van der Waals surface area contributed by atoms with Crippen molar-refractivity contribution in [2.45, 2.75) is 6.92 Å². The minimum absolute atomic E-state index is 0.607. The van der Waals surface area contributed by atoms with E-state index in [1.54, 1.807) is 23.0 Å². The fraction of sp³-hybridized carbons (Fsp3) is 0.238. The molecule has 0 unspecified atom stereocenters. The fourth-order valence-corrected chi connectivity index (χ4v) is 3.19. The molecule has 0 saturated carbocycles. The van der Waals surface area contributed by atoms with Crippen LogP contribution in [0, 0.1) is 0 Å². The van der Waals surface area contributed by atoms with Crippen LogP contribution in [0.25, 0.3) is 16.9 Å². The highest BCUT2D eigenvalue weighted by Gasteiger charge is 2.19. The van der Waals surface area contributed by atoms with Crippen molar-refractivity contribution in [1.82, 2.24) is 24.8 Å². The van der Waals surface area contributed by atoms with Gasteiger partial charge in [-0.05, 0) is 12.5 Å². The lowest BCUT2D eigenvalue weighted by Gasteiger charge is -2.29. The van der Waals surface area contributed by atoms with Crippen molar-refractivity contribution >= 4 is 23.4 Å². The minimum atomic E-state index is 0.607. The summed E-state index contributed by atoms with van der Waals surface area (Å²) in [7, 11) is 0. The maximum absolute atomic E-state index is 5.50. The molecule has 1 fully saturated rings. The van der Waals surface area contributed by atoms with Gasteiger partial charge in [-0.3, -0.25) is 10.5 Å². The van der Waals surface area contributed by atoms with E-state index in [-0.39, 0.29) is 0 Å². The molecule has 9 heteroatoms. The van der Waals surface area contributed by atoms with Crippen molar-refractivity contribution in [2.75, 3.05) is 36.6 Å². The van der Waals surface area contributed by atoms with E-state index < -0.39 is 0 Å². The molecule has 9 nitrogen and oxygen atoms in total. The molecular weight excluding hydrogens is 380 g/mol. The van der Waals surface area contributed by atoms with Crippen LogP contribution in [0.4, 0.5) is 11.5 Å². The first-order chi connectivity index (χ1) is 14.6. The number of nitrogens with one attached hydrogen (secondary N) is 2. The number of hydrogen-bond acceptors (Lipinski definition) is 7. The van der Waals surface area contributed by atoms with Gasteiger partial charge in [0, 0.05) is 30.9 Å². The summed E-state index contributed by atoms with van der Waals surface area (Å²) in [5.74, 6) is 0.607. The topological polar surface area (TPSA) is 95.7 Å². The number of nitrogens with zero attached hydrogens (tertiary/aromatic N) is 6. The number of ether oxygens (including phenoxy) is 1. The number of aromatic nitrogens is 5. The molecule has 0 aromatic carbocycles. The highest BCUT2D eigenvalue weighted by Crippen LogP contribution is 2.27. The number of H-pyrrole nitrogens is 1. The summed E-state index contributed by atoms with van der Waals surface area (Å²) in [6, 6.07) is 1.96. The van der Waals surface area contributed by atoms with E-state index in [0.717, 1.165) is 46.8 Å². The summed E-state index contributed by atoms with van der Waals surface area (Å²) in [4.78, 5) is 7.03. The van der Waals surface area contributed by atoms with Gasteiger partial charge in [0.25, 0.3) is 0 Å². The molecule has 4 rings (SSSR count). The maximum atomic E-state index is 5.50. The van der Waals surface area contributed by atoms with Crippen LogP contribution in [0.5, 0.6) is 0 Å². The van der Waals surface area contributed by atoms with E-state index in [4.69, 9.17) is 9.72 Å². The molecule has 0 spiro atoms. The molecule has 30 heavy (non-hydrogen) atoms. The molecule has 3 aromatic rings. The number of morpholine rings is 1. The Morgan fingerprint density at radius 1 is 1.37 bits per heavy atom. The molecule has 0 radical (unpaired) electrons. The zero-order valence-electron chi connectivity index (χ0n) is 16.9. The zero-order chi connectivity index (χ0) is 20.9. The Kier molecular flexibility index (Phi) is 5.71. The lowest BCUT2D eigenvalue weighted by atomic mass is 10.2. The molecule has 1 saturated heterocycles. The van der Waals surface area contributed by atoms with E-state index in [1.807, 2.05) is 31.5 Å². The molecule has 3 aromatic heterocycles. The molecule has 0 aliphatic carbocycles. The molecule has 0 bridgehead atoms. The van der Waals surface area contributed by atoms with E-state index in [0.29, 0.717) is 19.0 Å². The largest absolute Gasteiger partial charge is 0.378 e. The number of rotatable bonds is 7. The van der Waals surface area contributed by atoms with Crippen molar-refractivity contribution in [3.05, 3.63) is 61.1 Å². The first-order valence-corrected chi connectivity index (χ1v) is 9.65. The number of allylic oxidation sites excluding steroid dienone is 4. The van der Waals surface area contributed by atoms with Gasteiger partial charge in [-0.25, -0.2) is 9.50 Å². The van der Waals surface area contributed by atoms with E-state index in [2.05, 4.69) is 43.9 Å². The Morgan fingerprint density at radius 3 is 2.90 bits per heavy atom. The summed E-state index contributed by atoms with van der Waals surface area (Å²) < 4.78 is 7.27. The third-order valence-electron chi connectivity index (χ3n) is 4.59. The number of anilines is 2. The Morgan fingerprint density at radius 2 is 2.20 bits per heavy atom. The summed E-state index contributed by atoms with van der Waals surface area (Å²) in [6.45, 7) is 12.5. The SMILES string of the molecule is C=CC(/C=N/Nc1cc(N2CCOCC2)c2nc(-c3cn[nH]c3)cn2n1)=C\C(=C)C. The molecule has 1 aliphatic rings. The van der Waals surface area contributed by atoms with Gasteiger partial charge >= 0.3 is 0 Å². The number of hydrogen-bond donors (Lipinski definition) is 2.